The van der Waals surface area contributed by atoms with E-state index in [0.717, 1.165) is 62.9 Å². The molecule has 59 heavy (non-hydrogen) atoms. The average molecular weight is 888 g/mol. The first-order chi connectivity index (χ1) is 27.9. The third kappa shape index (κ3) is 10.4. The number of hydrogen-bond acceptors (Lipinski definition) is 13. The van der Waals surface area contributed by atoms with E-state index in [1.54, 1.807) is 0 Å². The number of aromatic amines is 2. The minimum absolute atomic E-state index is 0.0393. The van der Waals surface area contributed by atoms with E-state index < -0.39 is 29.5 Å². The van der Waals surface area contributed by atoms with Gasteiger partial charge in [-0.05, 0) is 85.8 Å². The van der Waals surface area contributed by atoms with E-state index >= 15 is 0 Å². The number of H-pyrrole nitrogens is 2. The molecule has 5 N–H and O–H groups in total. The van der Waals surface area contributed by atoms with Crippen LogP contribution in [0.3, 0.4) is 0 Å². The number of amides is 2. The molecule has 0 saturated heterocycles. The van der Waals surface area contributed by atoms with E-state index in [4.69, 9.17) is 11.6 Å². The van der Waals surface area contributed by atoms with Crippen molar-refractivity contribution in [1.82, 2.24) is 40.5 Å². The smallest absolute Gasteiger partial charge is 0.223 e. The van der Waals surface area contributed by atoms with Crippen molar-refractivity contribution in [3.05, 3.63) is 69.6 Å². The lowest BCUT2D eigenvalue weighted by Gasteiger charge is -2.22. The standard InChI is InChI=1S/C23H27N5O5S2.C15H19ClN4O3S/c1-34(30,31)8-2-7-24-23(29)14-4-6-19-18(10-14)20-21(25-13-26-22(20)28-19)27-17-5-3-15-11-35(32,33)12-16(15)9-17;1-24(22,23)6-2-5-17-15(21)9-3-4-11-10(7-9)12-13(16)18-8-19-14(12)20-11/h3,5,9,13-14H,2,4,6-8,10-12H2,1H3,(H,24,29)(H2,25,26,27,28);8-9H,2-7H2,1H3,(H,17,21)(H,18,19,20). The maximum atomic E-state index is 12.8. The summed E-state index contributed by atoms with van der Waals surface area (Å²) >= 11 is 6.18. The Morgan fingerprint density at radius 3 is 1.86 bits per heavy atom. The van der Waals surface area contributed by atoms with Gasteiger partial charge in [-0.2, -0.15) is 0 Å². The number of aryl methyl sites for hydroxylation is 2. The highest BCUT2D eigenvalue weighted by molar-refractivity contribution is 7.91. The highest BCUT2D eigenvalue weighted by Gasteiger charge is 2.31. The van der Waals surface area contributed by atoms with Gasteiger partial charge in [-0.1, -0.05) is 17.7 Å². The van der Waals surface area contributed by atoms with Gasteiger partial charge in [0.25, 0.3) is 0 Å². The molecule has 2 amide bonds. The number of hydrogen-bond donors (Lipinski definition) is 5. The molecular formula is C38H46ClN9O8S3. The van der Waals surface area contributed by atoms with E-state index in [0.29, 0.717) is 73.9 Å². The minimum Gasteiger partial charge on any atom is -0.356 e. The topological polar surface area (TPSA) is 256 Å². The SMILES string of the molecule is CS(=O)(=O)CCCNC(=O)C1CCc2[nH]c3ncnc(Cl)c3c2C1.CS(=O)(=O)CCCNC(=O)C1CCc2[nH]c3ncnc(Nc4ccc5c(c4)CS(=O)(=O)C5)c3c2C1. The lowest BCUT2D eigenvalue weighted by Crippen LogP contribution is -2.35. The number of halogens is 1. The zero-order chi connectivity index (χ0) is 42.1. The van der Waals surface area contributed by atoms with E-state index in [1.165, 1.54) is 25.2 Å². The predicted molar refractivity (Wildman–Crippen MR) is 225 cm³/mol. The molecule has 0 fully saturated rings. The second-order valence-corrected chi connectivity index (χ2v) is 22.5. The van der Waals surface area contributed by atoms with Crippen LogP contribution in [0.2, 0.25) is 5.15 Å². The molecule has 316 valence electrons. The number of aromatic nitrogens is 6. The maximum absolute atomic E-state index is 12.8. The first-order valence-corrected chi connectivity index (χ1v) is 25.6. The molecule has 17 nitrogen and oxygen atoms in total. The Morgan fingerprint density at radius 1 is 0.763 bits per heavy atom. The van der Waals surface area contributed by atoms with Crippen molar-refractivity contribution >= 4 is 86.5 Å². The van der Waals surface area contributed by atoms with Crippen molar-refractivity contribution in [1.29, 1.82) is 0 Å². The minimum atomic E-state index is -3.09. The van der Waals surface area contributed by atoms with Crippen LogP contribution in [0.25, 0.3) is 22.1 Å². The van der Waals surface area contributed by atoms with E-state index in [1.807, 2.05) is 18.2 Å². The number of fused-ring (bicyclic) bond motifs is 7. The van der Waals surface area contributed by atoms with Crippen LogP contribution in [-0.2, 0) is 76.3 Å². The number of anilines is 2. The molecule has 1 aliphatic heterocycles. The van der Waals surface area contributed by atoms with Gasteiger partial charge in [-0.25, -0.2) is 45.2 Å². The summed E-state index contributed by atoms with van der Waals surface area (Å²) in [5.74, 6) is 0.344. The molecule has 3 aliphatic rings. The van der Waals surface area contributed by atoms with Crippen molar-refractivity contribution < 1.29 is 34.8 Å². The fourth-order valence-electron chi connectivity index (χ4n) is 8.01. The second kappa shape index (κ2) is 17.1. The highest BCUT2D eigenvalue weighted by atomic mass is 35.5. The Hall–Kier alpha value is -4.66. The number of nitrogens with one attached hydrogen (secondary N) is 5. The normalized spacial score (nSPS) is 18.3. The van der Waals surface area contributed by atoms with Crippen LogP contribution in [0.1, 0.15) is 59.3 Å². The maximum Gasteiger partial charge on any atom is 0.223 e. The van der Waals surface area contributed by atoms with Gasteiger partial charge in [-0.15, -0.1) is 0 Å². The lowest BCUT2D eigenvalue weighted by molar-refractivity contribution is -0.126. The quantitative estimate of drug-likeness (QED) is 0.0893. The molecule has 2 unspecified atom stereocenters. The fourth-order valence-corrected chi connectivity index (χ4v) is 11.2. The Bertz CT molecular complexity index is 2770. The first kappa shape index (κ1) is 42.5. The molecule has 2 atom stereocenters. The number of carbonyl (C=O) groups is 2. The predicted octanol–water partition coefficient (Wildman–Crippen LogP) is 3.05. The van der Waals surface area contributed by atoms with Crippen molar-refractivity contribution in [2.24, 2.45) is 11.8 Å². The molecule has 0 saturated carbocycles. The zero-order valence-corrected chi connectivity index (χ0v) is 35.8. The monoisotopic (exact) mass is 887 g/mol. The van der Waals surface area contributed by atoms with Crippen molar-refractivity contribution in [2.45, 2.75) is 62.9 Å². The molecule has 2 aliphatic carbocycles. The number of rotatable bonds is 12. The Morgan fingerprint density at radius 2 is 1.29 bits per heavy atom. The molecule has 5 aromatic rings. The molecule has 1 aromatic carbocycles. The Labute approximate surface area is 347 Å². The van der Waals surface area contributed by atoms with Gasteiger partial charge in [0.15, 0.2) is 9.84 Å². The molecular weight excluding hydrogens is 842 g/mol. The van der Waals surface area contributed by atoms with Crippen LogP contribution in [0, 0.1) is 11.8 Å². The van der Waals surface area contributed by atoms with E-state index in [2.05, 4.69) is 45.9 Å². The highest BCUT2D eigenvalue weighted by Crippen LogP contribution is 2.37. The lowest BCUT2D eigenvalue weighted by atomic mass is 9.86. The van der Waals surface area contributed by atoms with Crippen LogP contribution in [0.15, 0.2) is 30.9 Å². The largest absolute Gasteiger partial charge is 0.356 e. The van der Waals surface area contributed by atoms with Gasteiger partial charge in [0, 0.05) is 54.5 Å². The molecule has 0 spiro atoms. The van der Waals surface area contributed by atoms with Crippen molar-refractivity contribution in [2.75, 3.05) is 42.4 Å². The summed E-state index contributed by atoms with van der Waals surface area (Å²) in [6.07, 6.45) is 10.1. The van der Waals surface area contributed by atoms with Gasteiger partial charge in [-0.3, -0.25) is 9.59 Å². The third-order valence-electron chi connectivity index (χ3n) is 10.8. The summed E-state index contributed by atoms with van der Waals surface area (Å²) in [7, 11) is -9.13. The molecule has 4 aromatic heterocycles. The summed E-state index contributed by atoms with van der Waals surface area (Å²) in [6.45, 7) is 0.695. The third-order valence-corrected chi connectivity index (χ3v) is 14.7. The van der Waals surface area contributed by atoms with Gasteiger partial charge in [0.05, 0.1) is 33.8 Å². The molecule has 8 rings (SSSR count). The van der Waals surface area contributed by atoms with E-state index in [-0.39, 0.29) is 46.7 Å². The number of carbonyl (C=O) groups excluding carboxylic acids is 2. The number of benzene rings is 1. The summed E-state index contributed by atoms with van der Waals surface area (Å²) in [5.41, 5.74) is 7.86. The van der Waals surface area contributed by atoms with E-state index in [9.17, 15) is 34.8 Å². The molecule has 5 heterocycles. The average Bonchev–Trinajstić information content (AvgIpc) is 3.84. The van der Waals surface area contributed by atoms with Gasteiger partial charge in [0.1, 0.15) is 54.6 Å². The second-order valence-electron chi connectivity index (χ2n) is 15.6. The Balaban J connectivity index is 0.000000192. The molecule has 0 bridgehead atoms. The van der Waals surface area contributed by atoms with Crippen LogP contribution >= 0.6 is 11.6 Å². The summed E-state index contributed by atoms with van der Waals surface area (Å²) < 4.78 is 68.7. The Kier molecular flexibility index (Phi) is 12.3. The van der Waals surface area contributed by atoms with Crippen molar-refractivity contribution in [3.63, 3.8) is 0 Å². The van der Waals surface area contributed by atoms with Gasteiger partial charge in [0.2, 0.25) is 11.8 Å². The van der Waals surface area contributed by atoms with Gasteiger partial charge < -0.3 is 25.9 Å². The van der Waals surface area contributed by atoms with Crippen LogP contribution < -0.4 is 16.0 Å². The number of sulfone groups is 3. The van der Waals surface area contributed by atoms with Crippen LogP contribution in [-0.4, -0.2) is 104 Å². The molecule has 21 heteroatoms. The van der Waals surface area contributed by atoms with Gasteiger partial charge >= 0.3 is 0 Å². The summed E-state index contributed by atoms with van der Waals surface area (Å²) in [5, 5.41) is 11.0. The van der Waals surface area contributed by atoms with Crippen LogP contribution in [0.5, 0.6) is 0 Å². The fraction of sp³-hybridized carbons (Fsp3) is 0.474. The summed E-state index contributed by atoms with van der Waals surface area (Å²) in [6, 6.07) is 5.52. The van der Waals surface area contributed by atoms with Crippen molar-refractivity contribution in [3.8, 4) is 0 Å². The van der Waals surface area contributed by atoms with Crippen LogP contribution in [0.4, 0.5) is 11.5 Å². The first-order valence-electron chi connectivity index (χ1n) is 19.3. The summed E-state index contributed by atoms with van der Waals surface area (Å²) in [4.78, 5) is 48.7. The number of nitrogens with zero attached hydrogens (tertiary/aromatic N) is 4. The molecule has 0 radical (unpaired) electrons. The zero-order valence-electron chi connectivity index (χ0n) is 32.6.